The molecule has 3 N–H and O–H groups in total. The second-order valence-corrected chi connectivity index (χ2v) is 13.2. The fraction of sp³-hybridized carbons (Fsp3) is 0.545. The Morgan fingerprint density at radius 1 is 1.17 bits per heavy atom. The highest BCUT2D eigenvalue weighted by Crippen LogP contribution is 2.53. The lowest BCUT2D eigenvalue weighted by molar-refractivity contribution is 0.102. The summed E-state index contributed by atoms with van der Waals surface area (Å²) in [5.41, 5.74) is 4.89. The van der Waals surface area contributed by atoms with Crippen LogP contribution in [0.25, 0.3) is 0 Å². The van der Waals surface area contributed by atoms with Crippen LogP contribution >= 0.6 is 0 Å². The molecule has 9 heteroatoms. The van der Waals surface area contributed by atoms with Crippen LogP contribution in [-0.2, 0) is 24.4 Å². The summed E-state index contributed by atoms with van der Waals surface area (Å²) in [5, 5.41) is 28.3. The van der Waals surface area contributed by atoms with Crippen LogP contribution in [0.1, 0.15) is 105 Å². The van der Waals surface area contributed by atoms with E-state index < -0.39 is 0 Å². The summed E-state index contributed by atoms with van der Waals surface area (Å²) >= 11 is 0. The van der Waals surface area contributed by atoms with E-state index in [0.29, 0.717) is 24.1 Å². The van der Waals surface area contributed by atoms with Crippen LogP contribution < -0.4 is 16.0 Å². The molecule has 0 saturated heterocycles. The van der Waals surface area contributed by atoms with E-state index in [-0.39, 0.29) is 16.7 Å². The second kappa shape index (κ2) is 11.5. The molecule has 0 spiro atoms. The van der Waals surface area contributed by atoms with Crippen LogP contribution in [0.5, 0.6) is 0 Å². The monoisotopic (exact) mass is 566 g/mol. The molecule has 2 aromatic heterocycles. The van der Waals surface area contributed by atoms with Gasteiger partial charge in [-0.3, -0.25) is 4.79 Å². The third-order valence-electron chi connectivity index (χ3n) is 9.58. The average Bonchev–Trinajstić information content (AvgIpc) is 3.40. The summed E-state index contributed by atoms with van der Waals surface area (Å²) in [6.45, 7) is 5.88. The van der Waals surface area contributed by atoms with Gasteiger partial charge in [-0.05, 0) is 60.9 Å². The van der Waals surface area contributed by atoms with E-state index in [1.165, 1.54) is 38.5 Å². The molecule has 3 heterocycles. The summed E-state index contributed by atoms with van der Waals surface area (Å²) in [6.07, 6.45) is 11.5. The zero-order chi connectivity index (χ0) is 29.3. The van der Waals surface area contributed by atoms with Gasteiger partial charge in [0, 0.05) is 43.7 Å². The molecule has 0 unspecified atom stereocenters. The minimum absolute atomic E-state index is 0.157. The van der Waals surface area contributed by atoms with Crippen LogP contribution in [0.2, 0.25) is 0 Å². The van der Waals surface area contributed by atoms with Crippen molar-refractivity contribution >= 4 is 17.3 Å². The first kappa shape index (κ1) is 28.4. The Bertz CT molecular complexity index is 1490. The maximum atomic E-state index is 13.7. The number of carbonyl (C=O) groups excluding carboxylic acids is 1. The van der Waals surface area contributed by atoms with Crippen molar-refractivity contribution in [3.8, 4) is 6.07 Å². The van der Waals surface area contributed by atoms with Crippen molar-refractivity contribution in [2.24, 2.45) is 13.0 Å². The van der Waals surface area contributed by atoms with Crippen molar-refractivity contribution in [3.05, 3.63) is 65.0 Å². The summed E-state index contributed by atoms with van der Waals surface area (Å²) in [5.74, 6) is 1.00. The Kier molecular flexibility index (Phi) is 7.75. The fourth-order valence-corrected chi connectivity index (χ4v) is 7.22. The largest absolute Gasteiger partial charge is 0.382 e. The van der Waals surface area contributed by atoms with E-state index in [1.807, 2.05) is 35.9 Å². The number of benzene rings is 1. The molecular weight excluding hydrogens is 524 g/mol. The van der Waals surface area contributed by atoms with Gasteiger partial charge in [0.1, 0.15) is 17.8 Å². The number of amides is 1. The van der Waals surface area contributed by atoms with E-state index in [2.05, 4.69) is 52.1 Å². The number of rotatable bonds is 8. The third kappa shape index (κ3) is 5.40. The van der Waals surface area contributed by atoms with Gasteiger partial charge in [-0.15, -0.1) is 10.2 Å². The van der Waals surface area contributed by atoms with Gasteiger partial charge in [0.25, 0.3) is 5.91 Å². The van der Waals surface area contributed by atoms with Gasteiger partial charge >= 0.3 is 0 Å². The van der Waals surface area contributed by atoms with E-state index in [9.17, 15) is 10.1 Å². The lowest BCUT2D eigenvalue weighted by Crippen LogP contribution is -2.44. The lowest BCUT2D eigenvalue weighted by Gasteiger charge is -2.46. The fourth-order valence-electron chi connectivity index (χ4n) is 7.22. The second-order valence-electron chi connectivity index (χ2n) is 13.2. The SMILES string of the molecule is Cn1cnnc1C1(c2cccc(NC(=O)c3cc(CNC4CCCCCC4)c4c(n3)C(C)(C)CN4)c2)CC(CC#N)C1. The minimum atomic E-state index is -0.328. The van der Waals surface area contributed by atoms with Gasteiger partial charge < -0.3 is 20.5 Å². The van der Waals surface area contributed by atoms with Gasteiger partial charge in [0.15, 0.2) is 0 Å². The van der Waals surface area contributed by atoms with Gasteiger partial charge in [-0.2, -0.15) is 5.26 Å². The average molecular weight is 567 g/mol. The number of anilines is 2. The normalized spacial score (nSPS) is 23.2. The molecule has 9 nitrogen and oxygen atoms in total. The number of nitrogens with one attached hydrogen (secondary N) is 3. The van der Waals surface area contributed by atoms with Crippen LogP contribution in [-0.4, -0.2) is 38.2 Å². The molecule has 2 saturated carbocycles. The molecule has 0 bridgehead atoms. The highest BCUT2D eigenvalue weighted by Gasteiger charge is 2.49. The van der Waals surface area contributed by atoms with E-state index in [4.69, 9.17) is 4.98 Å². The molecule has 1 aliphatic heterocycles. The van der Waals surface area contributed by atoms with Crippen molar-refractivity contribution in [1.29, 1.82) is 5.26 Å². The molecule has 1 amide bonds. The predicted molar refractivity (Wildman–Crippen MR) is 163 cm³/mol. The van der Waals surface area contributed by atoms with Crippen LogP contribution in [0, 0.1) is 17.2 Å². The Morgan fingerprint density at radius 2 is 1.95 bits per heavy atom. The van der Waals surface area contributed by atoms with Gasteiger partial charge in [-0.25, -0.2) is 4.98 Å². The molecule has 3 aromatic rings. The Balaban J connectivity index is 1.25. The molecule has 2 aliphatic carbocycles. The number of carbonyl (C=O) groups is 1. The van der Waals surface area contributed by atoms with Crippen molar-refractivity contribution in [1.82, 2.24) is 25.1 Å². The van der Waals surface area contributed by atoms with Crippen LogP contribution in [0.4, 0.5) is 11.4 Å². The number of fused-ring (bicyclic) bond motifs is 1. The quantitative estimate of drug-likeness (QED) is 0.304. The van der Waals surface area contributed by atoms with E-state index in [0.717, 1.165) is 60.0 Å². The standard InChI is InChI=1S/C33H42N8O/c1-32(2)20-36-28-23(19-35-25-10-6-4-5-7-11-25)15-27(39-29(28)32)30(42)38-26-12-8-9-24(16-26)33(17-22(18-33)13-14-34)31-40-37-21-41(31)3/h8-9,12,15-16,21-22,25,35-36H,4-7,10-11,13,17-20H2,1-3H3,(H,38,42). The predicted octanol–water partition coefficient (Wildman–Crippen LogP) is 5.59. The van der Waals surface area contributed by atoms with E-state index in [1.54, 1.807) is 6.33 Å². The summed E-state index contributed by atoms with van der Waals surface area (Å²) in [4.78, 5) is 18.6. The van der Waals surface area contributed by atoms with E-state index >= 15 is 0 Å². The van der Waals surface area contributed by atoms with Crippen molar-refractivity contribution in [2.45, 2.75) is 95.1 Å². The highest BCUT2D eigenvalue weighted by molar-refractivity contribution is 6.03. The van der Waals surface area contributed by atoms with Gasteiger partial charge in [0.05, 0.1) is 22.9 Å². The van der Waals surface area contributed by atoms with Gasteiger partial charge in [-0.1, -0.05) is 51.7 Å². The first-order valence-corrected chi connectivity index (χ1v) is 15.4. The van der Waals surface area contributed by atoms with Crippen LogP contribution in [0.15, 0.2) is 36.7 Å². The number of aryl methyl sites for hydroxylation is 1. The van der Waals surface area contributed by atoms with Crippen LogP contribution in [0.3, 0.4) is 0 Å². The number of nitriles is 1. The molecule has 0 atom stereocenters. The minimum Gasteiger partial charge on any atom is -0.382 e. The molecule has 42 heavy (non-hydrogen) atoms. The molecule has 2 fully saturated rings. The maximum absolute atomic E-state index is 13.7. The maximum Gasteiger partial charge on any atom is 0.274 e. The van der Waals surface area contributed by atoms with Gasteiger partial charge in [0.2, 0.25) is 0 Å². The number of nitrogens with zero attached hydrogens (tertiary/aromatic N) is 5. The smallest absolute Gasteiger partial charge is 0.274 e. The number of pyridine rings is 1. The lowest BCUT2D eigenvalue weighted by atomic mass is 9.57. The third-order valence-corrected chi connectivity index (χ3v) is 9.58. The van der Waals surface area contributed by atoms with Crippen molar-refractivity contribution in [2.75, 3.05) is 17.2 Å². The number of aromatic nitrogens is 4. The zero-order valence-electron chi connectivity index (χ0n) is 25.0. The summed E-state index contributed by atoms with van der Waals surface area (Å²) in [7, 11) is 1.96. The topological polar surface area (TPSA) is 121 Å². The summed E-state index contributed by atoms with van der Waals surface area (Å²) < 4.78 is 1.96. The molecular formula is C33H42N8O. The zero-order valence-corrected chi connectivity index (χ0v) is 25.0. The van der Waals surface area contributed by atoms with Crippen molar-refractivity contribution in [3.63, 3.8) is 0 Å². The molecule has 220 valence electrons. The molecule has 3 aliphatic rings. The Hall–Kier alpha value is -3.77. The Morgan fingerprint density at radius 3 is 2.67 bits per heavy atom. The van der Waals surface area contributed by atoms with Crippen molar-refractivity contribution < 1.29 is 4.79 Å². The Labute approximate surface area is 248 Å². The summed E-state index contributed by atoms with van der Waals surface area (Å²) in [6, 6.07) is 12.8. The first-order valence-electron chi connectivity index (χ1n) is 15.4. The molecule has 0 radical (unpaired) electrons. The highest BCUT2D eigenvalue weighted by atomic mass is 16.1. The molecule has 6 rings (SSSR count). The number of hydrogen-bond donors (Lipinski definition) is 3. The number of hydrogen-bond acceptors (Lipinski definition) is 7. The first-order chi connectivity index (χ1) is 20.3. The molecule has 1 aromatic carbocycles.